The van der Waals surface area contributed by atoms with Crippen molar-refractivity contribution in [3.63, 3.8) is 0 Å². The van der Waals surface area contributed by atoms with Crippen LogP contribution in [-0.4, -0.2) is 17.9 Å². The number of nitrogens with zero attached hydrogens (tertiary/aromatic N) is 1. The number of halogens is 1. The second-order valence-corrected chi connectivity index (χ2v) is 9.48. The molecule has 1 amide bonds. The number of benzene rings is 2. The van der Waals surface area contributed by atoms with Crippen molar-refractivity contribution < 1.29 is 9.18 Å². The number of nitrogen functional groups attached to an aromatic ring is 1. The number of carbonyl (C=O) groups excluding carboxylic acids is 1. The second-order valence-electron chi connectivity index (χ2n) is 8.57. The van der Waals surface area contributed by atoms with Crippen molar-refractivity contribution in [1.29, 1.82) is 0 Å². The van der Waals surface area contributed by atoms with E-state index in [2.05, 4.69) is 30.3 Å². The van der Waals surface area contributed by atoms with Gasteiger partial charge >= 0.3 is 0 Å². The largest absolute Gasteiger partial charge is 0.399 e. The van der Waals surface area contributed by atoms with Gasteiger partial charge in [-0.1, -0.05) is 30.8 Å². The molecule has 1 saturated heterocycles. The summed E-state index contributed by atoms with van der Waals surface area (Å²) in [4.78, 5) is 16.0. The van der Waals surface area contributed by atoms with Crippen LogP contribution in [-0.2, 0) is 16.8 Å². The Balaban J connectivity index is 1.59. The highest BCUT2D eigenvalue weighted by molar-refractivity contribution is 7.10. The molecule has 0 spiro atoms. The van der Waals surface area contributed by atoms with Crippen LogP contribution in [0.25, 0.3) is 11.1 Å². The van der Waals surface area contributed by atoms with Gasteiger partial charge in [-0.25, -0.2) is 4.39 Å². The maximum atomic E-state index is 13.3. The summed E-state index contributed by atoms with van der Waals surface area (Å²) < 4.78 is 13.2. The first-order chi connectivity index (χ1) is 15.3. The molecule has 1 aliphatic heterocycles. The number of thiophene rings is 1. The van der Waals surface area contributed by atoms with E-state index < -0.39 is 5.54 Å². The molecule has 1 fully saturated rings. The van der Waals surface area contributed by atoms with E-state index in [-0.39, 0.29) is 17.6 Å². The van der Waals surface area contributed by atoms with E-state index in [1.54, 1.807) is 35.4 Å². The molecular weight excluding hydrogens is 421 g/mol. The van der Waals surface area contributed by atoms with Crippen LogP contribution < -0.4 is 11.1 Å². The Morgan fingerprint density at radius 1 is 1.19 bits per heavy atom. The van der Waals surface area contributed by atoms with Crippen molar-refractivity contribution in [2.75, 3.05) is 12.8 Å². The lowest BCUT2D eigenvalue weighted by Gasteiger charge is -2.46. The molecule has 0 aliphatic carbocycles. The molecule has 3 aromatic rings. The van der Waals surface area contributed by atoms with Crippen molar-refractivity contribution in [1.82, 2.24) is 10.2 Å². The fraction of sp³-hybridized carbons (Fsp3) is 0.269. The third kappa shape index (κ3) is 4.28. The lowest BCUT2D eigenvalue weighted by atomic mass is 9.77. The normalized spacial score (nSPS) is 21.0. The molecule has 0 bridgehead atoms. The average molecular weight is 450 g/mol. The first kappa shape index (κ1) is 22.1. The lowest BCUT2D eigenvalue weighted by molar-refractivity contribution is -0.139. The van der Waals surface area contributed by atoms with Crippen LogP contribution in [0.2, 0.25) is 0 Å². The Morgan fingerprint density at radius 3 is 2.66 bits per heavy atom. The zero-order valence-corrected chi connectivity index (χ0v) is 19.2. The molecule has 1 unspecified atom stereocenters. The van der Waals surface area contributed by atoms with Gasteiger partial charge in [0.1, 0.15) is 11.6 Å². The standard InChI is InChI=1S/C26H28FN3OS/c1-17-29-26(2,24-15-20(16-32-24)19-7-5-8-22(28)14-19)23(25(31)30(17)3)9-4-6-18-10-12-21(27)13-11-18/h5,7-8,10-16,23,29H,1,4,6,9,28H2,2-3H3/t23?,26-/m0/s1. The number of nitrogens with one attached hydrogen (secondary N) is 1. The van der Waals surface area contributed by atoms with Gasteiger partial charge in [-0.15, -0.1) is 11.3 Å². The van der Waals surface area contributed by atoms with Crippen LogP contribution in [0.1, 0.15) is 30.2 Å². The Hall–Kier alpha value is -3.12. The Morgan fingerprint density at radius 2 is 1.94 bits per heavy atom. The summed E-state index contributed by atoms with van der Waals surface area (Å²) in [5.41, 5.74) is 9.34. The molecule has 1 aromatic heterocycles. The summed E-state index contributed by atoms with van der Waals surface area (Å²) in [5.74, 6) is 0.188. The monoisotopic (exact) mass is 449 g/mol. The lowest BCUT2D eigenvalue weighted by Crippen LogP contribution is -2.58. The van der Waals surface area contributed by atoms with E-state index in [1.165, 1.54) is 12.1 Å². The van der Waals surface area contributed by atoms with Gasteiger partial charge in [0.05, 0.1) is 11.5 Å². The molecular formula is C26H28FN3OS. The Bertz CT molecular complexity index is 1140. The quantitative estimate of drug-likeness (QED) is 0.487. The minimum atomic E-state index is -0.563. The number of aryl methyl sites for hydroxylation is 1. The minimum absolute atomic E-state index is 0.0641. The highest BCUT2D eigenvalue weighted by atomic mass is 32.1. The smallest absolute Gasteiger partial charge is 0.233 e. The van der Waals surface area contributed by atoms with Gasteiger partial charge in [0.2, 0.25) is 5.91 Å². The topological polar surface area (TPSA) is 58.4 Å². The fourth-order valence-corrected chi connectivity index (χ4v) is 5.46. The Kier molecular flexibility index (Phi) is 6.07. The number of carbonyl (C=O) groups is 1. The highest BCUT2D eigenvalue weighted by Crippen LogP contribution is 2.42. The number of rotatable bonds is 6. The second kappa shape index (κ2) is 8.79. The van der Waals surface area contributed by atoms with Crippen LogP contribution in [0, 0.1) is 11.7 Å². The maximum Gasteiger partial charge on any atom is 0.233 e. The predicted octanol–water partition coefficient (Wildman–Crippen LogP) is 5.52. The SMILES string of the molecule is C=C1N[C@](C)(c2cc(-c3cccc(N)c3)cs2)C(CCCc2ccc(F)cc2)C(=O)N1C. The maximum absolute atomic E-state index is 13.3. The molecule has 166 valence electrons. The zero-order valence-electron chi connectivity index (χ0n) is 18.4. The molecule has 6 heteroatoms. The van der Waals surface area contributed by atoms with Crippen molar-refractivity contribution in [3.8, 4) is 11.1 Å². The van der Waals surface area contributed by atoms with Crippen molar-refractivity contribution in [3.05, 3.63) is 88.6 Å². The van der Waals surface area contributed by atoms with Crippen LogP contribution in [0.3, 0.4) is 0 Å². The molecule has 0 radical (unpaired) electrons. The molecule has 2 aromatic carbocycles. The van der Waals surface area contributed by atoms with Gasteiger partial charge in [-0.05, 0) is 78.6 Å². The first-order valence-electron chi connectivity index (χ1n) is 10.7. The van der Waals surface area contributed by atoms with Crippen LogP contribution in [0.15, 0.2) is 72.4 Å². The van der Waals surface area contributed by atoms with Gasteiger partial charge in [-0.2, -0.15) is 0 Å². The van der Waals surface area contributed by atoms with Gasteiger partial charge < -0.3 is 16.0 Å². The average Bonchev–Trinajstić information content (AvgIpc) is 3.27. The van der Waals surface area contributed by atoms with E-state index in [9.17, 15) is 9.18 Å². The van der Waals surface area contributed by atoms with E-state index in [0.29, 0.717) is 12.2 Å². The molecule has 3 N–H and O–H groups in total. The summed E-state index contributed by atoms with van der Waals surface area (Å²) >= 11 is 1.64. The molecule has 1 aliphatic rings. The summed E-state index contributed by atoms with van der Waals surface area (Å²) in [5, 5.41) is 5.63. The molecule has 2 atom stereocenters. The van der Waals surface area contributed by atoms with Crippen molar-refractivity contribution >= 4 is 22.9 Å². The number of amides is 1. The van der Waals surface area contributed by atoms with Crippen molar-refractivity contribution in [2.24, 2.45) is 5.92 Å². The van der Waals surface area contributed by atoms with E-state index >= 15 is 0 Å². The van der Waals surface area contributed by atoms with Gasteiger partial charge in [0.15, 0.2) is 0 Å². The van der Waals surface area contributed by atoms with Gasteiger partial charge in [-0.3, -0.25) is 4.79 Å². The predicted molar refractivity (Wildman–Crippen MR) is 129 cm³/mol. The molecule has 4 rings (SSSR count). The van der Waals surface area contributed by atoms with E-state index in [0.717, 1.165) is 40.1 Å². The van der Waals surface area contributed by atoms with Gasteiger partial charge in [0.25, 0.3) is 0 Å². The van der Waals surface area contributed by atoms with Gasteiger partial charge in [0, 0.05) is 17.6 Å². The van der Waals surface area contributed by atoms with Crippen LogP contribution >= 0.6 is 11.3 Å². The first-order valence-corrected chi connectivity index (χ1v) is 11.6. The van der Waals surface area contributed by atoms with Crippen LogP contribution in [0.4, 0.5) is 10.1 Å². The molecule has 4 nitrogen and oxygen atoms in total. The molecule has 0 saturated carbocycles. The summed E-state index contributed by atoms with van der Waals surface area (Å²) in [6.45, 7) is 6.14. The Labute approximate surface area is 192 Å². The fourth-order valence-electron chi connectivity index (χ4n) is 4.37. The van der Waals surface area contributed by atoms with E-state index in [4.69, 9.17) is 5.73 Å². The number of nitrogens with two attached hydrogens (primary N) is 1. The number of anilines is 1. The zero-order chi connectivity index (χ0) is 22.9. The summed E-state index contributed by atoms with van der Waals surface area (Å²) in [7, 11) is 1.76. The summed E-state index contributed by atoms with van der Waals surface area (Å²) in [6, 6.07) is 16.5. The third-order valence-electron chi connectivity index (χ3n) is 6.34. The van der Waals surface area contributed by atoms with Crippen molar-refractivity contribution in [2.45, 2.75) is 31.7 Å². The number of hydrogen-bond acceptors (Lipinski definition) is 4. The van der Waals surface area contributed by atoms with E-state index in [1.807, 2.05) is 24.3 Å². The highest BCUT2D eigenvalue weighted by Gasteiger charge is 2.47. The minimum Gasteiger partial charge on any atom is -0.399 e. The number of hydrogen-bond donors (Lipinski definition) is 2. The molecule has 2 heterocycles. The molecule has 32 heavy (non-hydrogen) atoms. The third-order valence-corrected chi connectivity index (χ3v) is 7.50. The van der Waals surface area contributed by atoms with Crippen LogP contribution in [0.5, 0.6) is 0 Å². The summed E-state index contributed by atoms with van der Waals surface area (Å²) in [6.07, 6.45) is 2.33.